The van der Waals surface area contributed by atoms with E-state index in [1.54, 1.807) is 24.3 Å². The van der Waals surface area contributed by atoms with Crippen LogP contribution in [-0.2, 0) is 10.9 Å². The number of esters is 1. The fourth-order valence-electron chi connectivity index (χ4n) is 2.91. The van der Waals surface area contributed by atoms with Crippen molar-refractivity contribution in [3.8, 4) is 0 Å². The normalized spacial score (nSPS) is 12.2. The van der Waals surface area contributed by atoms with E-state index >= 15 is 0 Å². The fraction of sp³-hybridized carbons (Fsp3) is 0.111. The number of ether oxygens (including phenoxy) is 1. The molecule has 3 nitrogen and oxygen atoms in total. The number of methoxy groups -OCH3 is 1. The molecule has 0 unspecified atom stereocenters. The van der Waals surface area contributed by atoms with Gasteiger partial charge in [-0.25, -0.2) is 9.78 Å². The summed E-state index contributed by atoms with van der Waals surface area (Å²) >= 11 is 1.26. The number of alkyl halides is 3. The van der Waals surface area contributed by atoms with E-state index in [1.807, 2.05) is 0 Å². The molecule has 0 radical (unpaired) electrons. The minimum Gasteiger partial charge on any atom is -0.465 e. The second kappa shape index (κ2) is 5.42. The van der Waals surface area contributed by atoms with Crippen molar-refractivity contribution in [2.45, 2.75) is 6.18 Å². The molecule has 0 aliphatic carbocycles. The van der Waals surface area contributed by atoms with Crippen LogP contribution in [0.3, 0.4) is 0 Å². The Morgan fingerprint density at radius 2 is 1.88 bits per heavy atom. The SMILES string of the molecule is COC(=O)c1ccc2nc(C(F)(F)F)c3c4ccccc4sc3c2c1. The van der Waals surface area contributed by atoms with Crippen molar-refractivity contribution in [3.63, 3.8) is 0 Å². The molecule has 0 bridgehead atoms. The molecule has 0 spiro atoms. The van der Waals surface area contributed by atoms with E-state index < -0.39 is 17.8 Å². The summed E-state index contributed by atoms with van der Waals surface area (Å²) < 4.78 is 46.6. The Hall–Kier alpha value is -2.67. The molecule has 0 N–H and O–H groups in total. The minimum atomic E-state index is -4.57. The van der Waals surface area contributed by atoms with Crippen LogP contribution < -0.4 is 0 Å². The maximum Gasteiger partial charge on any atom is 0.434 e. The van der Waals surface area contributed by atoms with E-state index in [0.717, 1.165) is 4.70 Å². The van der Waals surface area contributed by atoms with Gasteiger partial charge in [-0.15, -0.1) is 11.3 Å². The van der Waals surface area contributed by atoms with Gasteiger partial charge in [0.25, 0.3) is 0 Å². The zero-order chi connectivity index (χ0) is 17.8. The number of carbonyl (C=O) groups is 1. The van der Waals surface area contributed by atoms with Crippen molar-refractivity contribution in [1.82, 2.24) is 4.98 Å². The highest BCUT2D eigenvalue weighted by Gasteiger charge is 2.36. The first-order chi connectivity index (χ1) is 11.9. The number of thiophene rings is 1. The molecule has 2 heterocycles. The number of carbonyl (C=O) groups excluding carboxylic acids is 1. The van der Waals surface area contributed by atoms with E-state index in [9.17, 15) is 18.0 Å². The van der Waals surface area contributed by atoms with Crippen molar-refractivity contribution in [3.05, 3.63) is 53.7 Å². The number of pyridine rings is 1. The van der Waals surface area contributed by atoms with Gasteiger partial charge in [-0.2, -0.15) is 13.2 Å². The number of hydrogen-bond donors (Lipinski definition) is 0. The molecule has 0 aliphatic heterocycles. The molecule has 126 valence electrons. The number of nitrogens with zero attached hydrogens (tertiary/aromatic N) is 1. The maximum atomic E-state index is 13.6. The lowest BCUT2D eigenvalue weighted by Gasteiger charge is -2.10. The highest BCUT2D eigenvalue weighted by molar-refractivity contribution is 7.26. The second-order valence-electron chi connectivity index (χ2n) is 5.48. The molecule has 0 saturated carbocycles. The van der Waals surface area contributed by atoms with Crippen LogP contribution in [0.25, 0.3) is 31.1 Å². The van der Waals surface area contributed by atoms with Gasteiger partial charge < -0.3 is 4.74 Å². The molecule has 0 atom stereocenters. The zero-order valence-corrected chi connectivity index (χ0v) is 13.7. The predicted molar refractivity (Wildman–Crippen MR) is 91.0 cm³/mol. The minimum absolute atomic E-state index is 0.0719. The molecular formula is C18H10F3NO2S. The lowest BCUT2D eigenvalue weighted by atomic mass is 10.1. The van der Waals surface area contributed by atoms with E-state index in [1.165, 1.54) is 36.6 Å². The van der Waals surface area contributed by atoms with Crippen LogP contribution >= 0.6 is 11.3 Å². The maximum absolute atomic E-state index is 13.6. The average molecular weight is 361 g/mol. The Morgan fingerprint density at radius 1 is 1.12 bits per heavy atom. The first-order valence-corrected chi connectivity index (χ1v) is 8.12. The Balaban J connectivity index is 2.21. The van der Waals surface area contributed by atoms with E-state index in [0.29, 0.717) is 15.5 Å². The summed E-state index contributed by atoms with van der Waals surface area (Å²) in [7, 11) is 1.26. The van der Waals surface area contributed by atoms with Gasteiger partial charge in [-0.1, -0.05) is 18.2 Å². The lowest BCUT2D eigenvalue weighted by molar-refractivity contribution is -0.139. The fourth-order valence-corrected chi connectivity index (χ4v) is 4.14. The lowest BCUT2D eigenvalue weighted by Crippen LogP contribution is -2.09. The van der Waals surface area contributed by atoms with E-state index in [2.05, 4.69) is 4.98 Å². The predicted octanol–water partition coefficient (Wildman–Crippen LogP) is 5.41. The largest absolute Gasteiger partial charge is 0.465 e. The standard InChI is InChI=1S/C18H10F3NO2S/c1-24-17(23)9-6-7-12-11(8-9)15-14(16(22-12)18(19,20)21)10-4-2-3-5-13(10)25-15/h2-8H,1H3. The topological polar surface area (TPSA) is 39.2 Å². The van der Waals surface area contributed by atoms with Crippen molar-refractivity contribution < 1.29 is 22.7 Å². The van der Waals surface area contributed by atoms with Crippen LogP contribution in [0.4, 0.5) is 13.2 Å². The molecule has 0 aliphatic rings. The van der Waals surface area contributed by atoms with E-state index in [4.69, 9.17) is 4.74 Å². The van der Waals surface area contributed by atoms with Gasteiger partial charge in [-0.3, -0.25) is 0 Å². The zero-order valence-electron chi connectivity index (χ0n) is 12.8. The number of halogens is 3. The Bertz CT molecular complexity index is 1150. The van der Waals surface area contributed by atoms with Crippen LogP contribution in [0.5, 0.6) is 0 Å². The first kappa shape index (κ1) is 15.8. The summed E-state index contributed by atoms with van der Waals surface area (Å²) in [5.74, 6) is -0.545. The molecule has 0 saturated heterocycles. The third kappa shape index (κ3) is 2.42. The molecule has 2 aromatic carbocycles. The summed E-state index contributed by atoms with van der Waals surface area (Å²) in [6.45, 7) is 0. The highest BCUT2D eigenvalue weighted by Crippen LogP contribution is 2.44. The third-order valence-electron chi connectivity index (χ3n) is 4.00. The summed E-state index contributed by atoms with van der Waals surface area (Å²) in [5.41, 5.74) is -0.437. The number of aromatic nitrogens is 1. The molecule has 7 heteroatoms. The first-order valence-electron chi connectivity index (χ1n) is 7.30. The number of benzene rings is 2. The van der Waals surface area contributed by atoms with Crippen LogP contribution in [0.2, 0.25) is 0 Å². The van der Waals surface area contributed by atoms with Gasteiger partial charge in [0, 0.05) is 25.6 Å². The van der Waals surface area contributed by atoms with Crippen molar-refractivity contribution in [2.75, 3.05) is 7.11 Å². The second-order valence-corrected chi connectivity index (χ2v) is 6.54. The molecule has 0 amide bonds. The number of hydrogen-bond acceptors (Lipinski definition) is 4. The monoisotopic (exact) mass is 361 g/mol. The molecule has 2 aromatic heterocycles. The number of fused-ring (bicyclic) bond motifs is 5. The molecular weight excluding hydrogens is 351 g/mol. The van der Waals surface area contributed by atoms with Gasteiger partial charge >= 0.3 is 12.1 Å². The quantitative estimate of drug-likeness (QED) is 0.426. The molecule has 0 fully saturated rings. The molecule has 25 heavy (non-hydrogen) atoms. The number of rotatable bonds is 1. The Morgan fingerprint density at radius 3 is 2.60 bits per heavy atom. The highest BCUT2D eigenvalue weighted by atomic mass is 32.1. The summed E-state index contributed by atoms with van der Waals surface area (Å²) in [5, 5.41) is 1.09. The van der Waals surface area contributed by atoms with Crippen LogP contribution in [-0.4, -0.2) is 18.1 Å². The Kier molecular flexibility index (Phi) is 3.43. The van der Waals surface area contributed by atoms with Crippen molar-refractivity contribution in [1.29, 1.82) is 0 Å². The van der Waals surface area contributed by atoms with Crippen molar-refractivity contribution >= 4 is 48.4 Å². The van der Waals surface area contributed by atoms with Gasteiger partial charge in [-0.05, 0) is 24.3 Å². The van der Waals surface area contributed by atoms with Gasteiger partial charge in [0.2, 0.25) is 0 Å². The third-order valence-corrected chi connectivity index (χ3v) is 5.20. The Labute approximate surface area is 143 Å². The average Bonchev–Trinajstić information content (AvgIpc) is 2.98. The van der Waals surface area contributed by atoms with Gasteiger partial charge in [0.1, 0.15) is 0 Å². The van der Waals surface area contributed by atoms with Crippen LogP contribution in [0.15, 0.2) is 42.5 Å². The van der Waals surface area contributed by atoms with Gasteiger partial charge in [0.15, 0.2) is 5.69 Å². The molecule has 4 rings (SSSR count). The van der Waals surface area contributed by atoms with Crippen LogP contribution in [0, 0.1) is 0 Å². The summed E-state index contributed by atoms with van der Waals surface area (Å²) in [6.07, 6.45) is -4.57. The summed E-state index contributed by atoms with van der Waals surface area (Å²) in [4.78, 5) is 15.6. The van der Waals surface area contributed by atoms with E-state index in [-0.39, 0.29) is 16.5 Å². The smallest absolute Gasteiger partial charge is 0.434 e. The van der Waals surface area contributed by atoms with Gasteiger partial charge in [0.05, 0.1) is 18.2 Å². The van der Waals surface area contributed by atoms with Crippen LogP contribution in [0.1, 0.15) is 16.1 Å². The summed E-state index contributed by atoms with van der Waals surface area (Å²) in [6, 6.07) is 11.3. The van der Waals surface area contributed by atoms with Crippen molar-refractivity contribution in [2.24, 2.45) is 0 Å². The molecule has 4 aromatic rings.